The van der Waals surface area contributed by atoms with E-state index in [2.05, 4.69) is 0 Å². The number of ether oxygens (including phenoxy) is 1. The number of likely N-dealkylation sites (tertiary alicyclic amines) is 1. The first-order valence-electron chi connectivity index (χ1n) is 8.20. The van der Waals surface area contributed by atoms with E-state index < -0.39 is 11.7 Å². The van der Waals surface area contributed by atoms with Crippen molar-refractivity contribution in [3.05, 3.63) is 53.6 Å². The molecule has 1 atom stereocenters. The van der Waals surface area contributed by atoms with Crippen molar-refractivity contribution in [3.8, 4) is 16.9 Å². The SMILES string of the molecule is COc1ccc(C(F)(F)F)cc1-c1cccc(C(=O)N2CCC(N)C2)c1. The topological polar surface area (TPSA) is 55.6 Å². The Morgan fingerprint density at radius 3 is 2.62 bits per heavy atom. The Morgan fingerprint density at radius 1 is 1.23 bits per heavy atom. The van der Waals surface area contributed by atoms with Crippen LogP contribution in [0.2, 0.25) is 0 Å². The Balaban J connectivity index is 1.98. The van der Waals surface area contributed by atoms with E-state index in [9.17, 15) is 18.0 Å². The molecule has 1 aliphatic heterocycles. The number of hydrogen-bond donors (Lipinski definition) is 1. The normalized spacial score (nSPS) is 17.4. The average Bonchev–Trinajstić information content (AvgIpc) is 3.06. The first-order chi connectivity index (χ1) is 12.3. The van der Waals surface area contributed by atoms with Gasteiger partial charge in [0.05, 0.1) is 12.7 Å². The summed E-state index contributed by atoms with van der Waals surface area (Å²) in [6.45, 7) is 1.06. The van der Waals surface area contributed by atoms with E-state index in [1.165, 1.54) is 13.2 Å². The average molecular weight is 364 g/mol. The standard InChI is InChI=1S/C19H19F3N2O2/c1-26-17-6-5-14(19(20,21)22)10-16(17)12-3-2-4-13(9-12)18(25)24-8-7-15(23)11-24/h2-6,9-10,15H,7-8,11,23H2,1H3. The first kappa shape index (κ1) is 18.3. The second-order valence-corrected chi connectivity index (χ2v) is 6.29. The predicted molar refractivity (Wildman–Crippen MR) is 91.9 cm³/mol. The van der Waals surface area contributed by atoms with E-state index in [1.807, 2.05) is 0 Å². The molecule has 0 aromatic heterocycles. The third kappa shape index (κ3) is 3.67. The number of carbonyl (C=O) groups is 1. The number of carbonyl (C=O) groups excluding carboxylic acids is 1. The molecule has 1 saturated heterocycles. The van der Waals surface area contributed by atoms with Crippen LogP contribution in [0.5, 0.6) is 5.75 Å². The third-order valence-electron chi connectivity index (χ3n) is 4.46. The minimum Gasteiger partial charge on any atom is -0.496 e. The minimum absolute atomic E-state index is 0.0364. The van der Waals surface area contributed by atoms with Crippen LogP contribution in [-0.4, -0.2) is 37.0 Å². The maximum Gasteiger partial charge on any atom is 0.416 e. The zero-order valence-electron chi connectivity index (χ0n) is 14.2. The fourth-order valence-corrected chi connectivity index (χ4v) is 3.08. The zero-order valence-corrected chi connectivity index (χ0v) is 14.2. The number of alkyl halides is 3. The fourth-order valence-electron chi connectivity index (χ4n) is 3.08. The van der Waals surface area contributed by atoms with Gasteiger partial charge in [-0.15, -0.1) is 0 Å². The van der Waals surface area contributed by atoms with Gasteiger partial charge in [-0.1, -0.05) is 12.1 Å². The van der Waals surface area contributed by atoms with Gasteiger partial charge in [0.25, 0.3) is 5.91 Å². The molecule has 1 amide bonds. The highest BCUT2D eigenvalue weighted by Crippen LogP contribution is 2.37. The monoisotopic (exact) mass is 364 g/mol. The van der Waals surface area contributed by atoms with Crippen molar-refractivity contribution in [3.63, 3.8) is 0 Å². The van der Waals surface area contributed by atoms with Crippen LogP contribution < -0.4 is 10.5 Å². The number of nitrogens with two attached hydrogens (primary N) is 1. The molecule has 0 saturated carbocycles. The number of rotatable bonds is 3. The van der Waals surface area contributed by atoms with E-state index in [4.69, 9.17) is 10.5 Å². The van der Waals surface area contributed by atoms with Crippen LogP contribution in [-0.2, 0) is 6.18 Å². The molecule has 26 heavy (non-hydrogen) atoms. The van der Waals surface area contributed by atoms with E-state index in [0.29, 0.717) is 30.0 Å². The highest BCUT2D eigenvalue weighted by Gasteiger charge is 2.31. The number of nitrogens with zero attached hydrogens (tertiary/aromatic N) is 1. The molecule has 7 heteroatoms. The second kappa shape index (κ2) is 6.99. The van der Waals surface area contributed by atoms with Crippen LogP contribution in [0.3, 0.4) is 0 Å². The molecule has 1 unspecified atom stereocenters. The molecule has 3 rings (SSSR count). The van der Waals surface area contributed by atoms with E-state index in [1.54, 1.807) is 29.2 Å². The largest absolute Gasteiger partial charge is 0.496 e. The van der Waals surface area contributed by atoms with Gasteiger partial charge >= 0.3 is 6.18 Å². The Kier molecular flexibility index (Phi) is 4.91. The highest BCUT2D eigenvalue weighted by molar-refractivity contribution is 5.96. The minimum atomic E-state index is -4.46. The molecule has 2 aromatic rings. The van der Waals surface area contributed by atoms with Crippen LogP contribution >= 0.6 is 0 Å². The summed E-state index contributed by atoms with van der Waals surface area (Å²) in [7, 11) is 1.40. The molecular weight excluding hydrogens is 345 g/mol. The number of hydrogen-bond acceptors (Lipinski definition) is 3. The van der Waals surface area contributed by atoms with Gasteiger partial charge in [-0.25, -0.2) is 0 Å². The van der Waals surface area contributed by atoms with Crippen LogP contribution in [0.1, 0.15) is 22.3 Å². The summed E-state index contributed by atoms with van der Waals surface area (Å²) in [4.78, 5) is 14.3. The molecule has 2 aromatic carbocycles. The molecule has 2 N–H and O–H groups in total. The number of benzene rings is 2. The fraction of sp³-hybridized carbons (Fsp3) is 0.316. The van der Waals surface area contributed by atoms with Gasteiger partial charge in [0.15, 0.2) is 0 Å². The van der Waals surface area contributed by atoms with Crippen molar-refractivity contribution in [2.75, 3.05) is 20.2 Å². The van der Waals surface area contributed by atoms with Crippen LogP contribution in [0.25, 0.3) is 11.1 Å². The summed E-state index contributed by atoms with van der Waals surface area (Å²) in [5, 5.41) is 0. The molecule has 0 radical (unpaired) electrons. The molecule has 0 bridgehead atoms. The summed E-state index contributed by atoms with van der Waals surface area (Å²) in [6.07, 6.45) is -3.72. The first-order valence-corrected chi connectivity index (χ1v) is 8.20. The van der Waals surface area contributed by atoms with Crippen molar-refractivity contribution in [1.82, 2.24) is 4.90 Å². The maximum absolute atomic E-state index is 13.1. The lowest BCUT2D eigenvalue weighted by molar-refractivity contribution is -0.137. The summed E-state index contributed by atoms with van der Waals surface area (Å²) in [5.41, 5.74) is 6.26. The molecule has 1 heterocycles. The lowest BCUT2D eigenvalue weighted by Gasteiger charge is -2.17. The third-order valence-corrected chi connectivity index (χ3v) is 4.46. The number of methoxy groups -OCH3 is 1. The summed E-state index contributed by atoms with van der Waals surface area (Å²) >= 11 is 0. The van der Waals surface area contributed by atoms with Gasteiger partial charge in [-0.3, -0.25) is 4.79 Å². The van der Waals surface area contributed by atoms with Crippen molar-refractivity contribution < 1.29 is 22.7 Å². The summed E-state index contributed by atoms with van der Waals surface area (Å²) < 4.78 is 44.4. The molecular formula is C19H19F3N2O2. The predicted octanol–water partition coefficient (Wildman–Crippen LogP) is 3.55. The van der Waals surface area contributed by atoms with Crippen LogP contribution in [0.15, 0.2) is 42.5 Å². The Hall–Kier alpha value is -2.54. The Bertz CT molecular complexity index is 821. The number of halogens is 3. The molecule has 0 spiro atoms. The zero-order chi connectivity index (χ0) is 18.9. The smallest absolute Gasteiger partial charge is 0.416 e. The Morgan fingerprint density at radius 2 is 2.00 bits per heavy atom. The molecule has 4 nitrogen and oxygen atoms in total. The molecule has 0 aliphatic carbocycles. The molecule has 1 fully saturated rings. The summed E-state index contributed by atoms with van der Waals surface area (Å²) in [6, 6.07) is 9.80. The maximum atomic E-state index is 13.1. The lowest BCUT2D eigenvalue weighted by Crippen LogP contribution is -2.31. The van der Waals surface area contributed by atoms with Gasteiger partial charge in [0, 0.05) is 30.3 Å². The summed E-state index contributed by atoms with van der Waals surface area (Å²) in [5.74, 6) is 0.136. The van der Waals surface area contributed by atoms with Crippen molar-refractivity contribution in [2.24, 2.45) is 5.73 Å². The van der Waals surface area contributed by atoms with Gasteiger partial charge < -0.3 is 15.4 Å². The van der Waals surface area contributed by atoms with Crippen LogP contribution in [0, 0.1) is 0 Å². The van der Waals surface area contributed by atoms with Gasteiger partial charge in [0.1, 0.15) is 5.75 Å². The van der Waals surface area contributed by atoms with E-state index in [0.717, 1.165) is 18.6 Å². The Labute approximate surface area is 149 Å². The van der Waals surface area contributed by atoms with Gasteiger partial charge in [0.2, 0.25) is 0 Å². The van der Waals surface area contributed by atoms with E-state index >= 15 is 0 Å². The lowest BCUT2D eigenvalue weighted by atomic mass is 9.99. The van der Waals surface area contributed by atoms with Crippen molar-refractivity contribution >= 4 is 5.91 Å². The van der Waals surface area contributed by atoms with Gasteiger partial charge in [-0.05, 0) is 42.3 Å². The van der Waals surface area contributed by atoms with E-state index in [-0.39, 0.29) is 17.5 Å². The molecule has 138 valence electrons. The second-order valence-electron chi connectivity index (χ2n) is 6.29. The van der Waals surface area contributed by atoms with Crippen molar-refractivity contribution in [1.29, 1.82) is 0 Å². The van der Waals surface area contributed by atoms with Crippen molar-refractivity contribution in [2.45, 2.75) is 18.6 Å². The van der Waals surface area contributed by atoms with Crippen LogP contribution in [0.4, 0.5) is 13.2 Å². The van der Waals surface area contributed by atoms with Gasteiger partial charge in [-0.2, -0.15) is 13.2 Å². The number of amides is 1. The quantitative estimate of drug-likeness (QED) is 0.906. The molecule has 1 aliphatic rings. The highest BCUT2D eigenvalue weighted by atomic mass is 19.4.